The van der Waals surface area contributed by atoms with Gasteiger partial charge in [-0.25, -0.2) is 0 Å². The fourth-order valence-electron chi connectivity index (χ4n) is 1.22. The van der Waals surface area contributed by atoms with Crippen molar-refractivity contribution in [3.63, 3.8) is 0 Å². The third-order valence-electron chi connectivity index (χ3n) is 2.22. The monoisotopic (exact) mass is 174 g/mol. The molecule has 0 atom stereocenters. The van der Waals surface area contributed by atoms with Gasteiger partial charge in [0.1, 0.15) is 6.07 Å². The van der Waals surface area contributed by atoms with Crippen LogP contribution in [0.2, 0.25) is 0 Å². The van der Waals surface area contributed by atoms with Gasteiger partial charge in [0.25, 0.3) is 0 Å². The van der Waals surface area contributed by atoms with E-state index in [0.29, 0.717) is 11.7 Å². The Labute approximate surface area is 76.8 Å². The highest BCUT2D eigenvalue weighted by Gasteiger charge is 2.27. The Balaban J connectivity index is 2.17. The summed E-state index contributed by atoms with van der Waals surface area (Å²) >= 11 is 0. The standard InChI is InChI=1S/C9H10N4/c1-13(8-3-4-8)9-5-2-7(6-10)11-12-9/h2,5,8H,3-4H2,1H3. The minimum absolute atomic E-state index is 0.368. The zero-order valence-electron chi connectivity index (χ0n) is 7.44. The van der Waals surface area contributed by atoms with Crippen molar-refractivity contribution in [3.8, 4) is 6.07 Å². The number of nitrogens with zero attached hydrogens (tertiary/aromatic N) is 4. The van der Waals surface area contributed by atoms with E-state index in [-0.39, 0.29) is 0 Å². The van der Waals surface area contributed by atoms with Crippen molar-refractivity contribution in [1.82, 2.24) is 10.2 Å². The highest BCUT2D eigenvalue weighted by molar-refractivity contribution is 5.40. The largest absolute Gasteiger partial charge is 0.355 e. The highest BCUT2D eigenvalue weighted by Crippen LogP contribution is 2.28. The van der Waals surface area contributed by atoms with Gasteiger partial charge in [-0.15, -0.1) is 10.2 Å². The molecule has 0 aromatic carbocycles. The predicted octanol–water partition coefficient (Wildman–Crippen LogP) is 0.947. The second kappa shape index (κ2) is 3.02. The molecule has 66 valence electrons. The molecule has 1 aromatic heterocycles. The zero-order chi connectivity index (χ0) is 9.26. The summed E-state index contributed by atoms with van der Waals surface area (Å²) in [6.45, 7) is 0. The van der Waals surface area contributed by atoms with Crippen LogP contribution in [0.15, 0.2) is 12.1 Å². The first-order valence-corrected chi connectivity index (χ1v) is 4.28. The third kappa shape index (κ3) is 1.59. The molecular weight excluding hydrogens is 164 g/mol. The molecule has 1 aliphatic carbocycles. The fraction of sp³-hybridized carbons (Fsp3) is 0.444. The summed E-state index contributed by atoms with van der Waals surface area (Å²) in [6, 6.07) is 6.11. The number of anilines is 1. The maximum Gasteiger partial charge on any atom is 0.163 e. The first-order valence-electron chi connectivity index (χ1n) is 4.28. The maximum atomic E-state index is 8.52. The van der Waals surface area contributed by atoms with E-state index in [1.54, 1.807) is 6.07 Å². The Hall–Kier alpha value is -1.63. The Kier molecular flexibility index (Phi) is 1.85. The second-order valence-corrected chi connectivity index (χ2v) is 3.23. The summed E-state index contributed by atoms with van der Waals surface area (Å²) < 4.78 is 0. The van der Waals surface area contributed by atoms with Crippen LogP contribution >= 0.6 is 0 Å². The van der Waals surface area contributed by atoms with Gasteiger partial charge in [0, 0.05) is 13.1 Å². The molecule has 1 saturated carbocycles. The average molecular weight is 174 g/mol. The van der Waals surface area contributed by atoms with Gasteiger partial charge in [0.15, 0.2) is 11.5 Å². The Bertz CT molecular complexity index is 334. The number of hydrogen-bond acceptors (Lipinski definition) is 4. The normalized spacial score (nSPS) is 15.1. The predicted molar refractivity (Wildman–Crippen MR) is 48.2 cm³/mol. The van der Waals surface area contributed by atoms with Crippen molar-refractivity contribution in [3.05, 3.63) is 17.8 Å². The van der Waals surface area contributed by atoms with Crippen molar-refractivity contribution in [2.75, 3.05) is 11.9 Å². The van der Waals surface area contributed by atoms with Gasteiger partial charge in [0.05, 0.1) is 0 Å². The average Bonchev–Trinajstić information content (AvgIpc) is 3.00. The van der Waals surface area contributed by atoms with Crippen molar-refractivity contribution in [2.45, 2.75) is 18.9 Å². The van der Waals surface area contributed by atoms with Gasteiger partial charge < -0.3 is 4.90 Å². The molecule has 0 unspecified atom stereocenters. The highest BCUT2D eigenvalue weighted by atomic mass is 15.3. The molecular formula is C9H10N4. The minimum atomic E-state index is 0.368. The van der Waals surface area contributed by atoms with Crippen LogP contribution < -0.4 is 4.90 Å². The van der Waals surface area contributed by atoms with Crippen molar-refractivity contribution < 1.29 is 0 Å². The van der Waals surface area contributed by atoms with E-state index in [2.05, 4.69) is 15.1 Å². The first-order chi connectivity index (χ1) is 6.31. The first kappa shape index (κ1) is 7.99. The van der Waals surface area contributed by atoms with Crippen LogP contribution in [0.1, 0.15) is 18.5 Å². The zero-order valence-corrected chi connectivity index (χ0v) is 7.44. The second-order valence-electron chi connectivity index (χ2n) is 3.23. The molecule has 0 amide bonds. The number of hydrogen-bond donors (Lipinski definition) is 0. The van der Waals surface area contributed by atoms with E-state index in [4.69, 9.17) is 5.26 Å². The summed E-state index contributed by atoms with van der Waals surface area (Å²) in [5.41, 5.74) is 0.368. The van der Waals surface area contributed by atoms with Crippen LogP contribution in [0, 0.1) is 11.3 Å². The molecule has 4 heteroatoms. The molecule has 1 heterocycles. The van der Waals surface area contributed by atoms with Crippen LogP contribution in [-0.2, 0) is 0 Å². The molecule has 0 saturated heterocycles. The van der Waals surface area contributed by atoms with E-state index in [9.17, 15) is 0 Å². The lowest BCUT2D eigenvalue weighted by atomic mass is 10.4. The molecule has 0 radical (unpaired) electrons. The smallest absolute Gasteiger partial charge is 0.163 e. The van der Waals surface area contributed by atoms with E-state index in [1.165, 1.54) is 12.8 Å². The minimum Gasteiger partial charge on any atom is -0.355 e. The van der Waals surface area contributed by atoms with E-state index in [0.717, 1.165) is 5.82 Å². The van der Waals surface area contributed by atoms with E-state index >= 15 is 0 Å². The fourth-order valence-corrected chi connectivity index (χ4v) is 1.22. The lowest BCUT2D eigenvalue weighted by Gasteiger charge is -2.15. The summed E-state index contributed by atoms with van der Waals surface area (Å²) in [7, 11) is 2.01. The summed E-state index contributed by atoms with van der Waals surface area (Å²) in [4.78, 5) is 2.11. The van der Waals surface area contributed by atoms with Crippen molar-refractivity contribution >= 4 is 5.82 Å². The van der Waals surface area contributed by atoms with Gasteiger partial charge in [-0.3, -0.25) is 0 Å². The molecule has 13 heavy (non-hydrogen) atoms. The van der Waals surface area contributed by atoms with Crippen molar-refractivity contribution in [2.24, 2.45) is 0 Å². The number of rotatable bonds is 2. The number of nitriles is 1. The molecule has 2 rings (SSSR count). The van der Waals surface area contributed by atoms with Gasteiger partial charge in [-0.2, -0.15) is 5.26 Å². The molecule has 0 bridgehead atoms. The summed E-state index contributed by atoms with van der Waals surface area (Å²) in [6.07, 6.45) is 2.47. The Morgan fingerprint density at radius 2 is 2.23 bits per heavy atom. The maximum absolute atomic E-state index is 8.52. The number of aromatic nitrogens is 2. The van der Waals surface area contributed by atoms with Gasteiger partial charge >= 0.3 is 0 Å². The molecule has 1 aromatic rings. The van der Waals surface area contributed by atoms with E-state index < -0.39 is 0 Å². The molecule has 0 aliphatic heterocycles. The lowest BCUT2D eigenvalue weighted by Crippen LogP contribution is -2.20. The molecule has 0 spiro atoms. The van der Waals surface area contributed by atoms with Crippen LogP contribution in [0.3, 0.4) is 0 Å². The quantitative estimate of drug-likeness (QED) is 0.669. The Morgan fingerprint density at radius 3 is 2.69 bits per heavy atom. The summed E-state index contributed by atoms with van der Waals surface area (Å²) in [5, 5.41) is 16.3. The molecule has 1 aliphatic rings. The van der Waals surface area contributed by atoms with Crippen molar-refractivity contribution in [1.29, 1.82) is 5.26 Å². The lowest BCUT2D eigenvalue weighted by molar-refractivity contribution is 0.858. The topological polar surface area (TPSA) is 52.8 Å². The van der Waals surface area contributed by atoms with Gasteiger partial charge in [0.2, 0.25) is 0 Å². The van der Waals surface area contributed by atoms with E-state index in [1.807, 2.05) is 19.2 Å². The SMILES string of the molecule is CN(c1ccc(C#N)nn1)C1CC1. The van der Waals surface area contributed by atoms with Gasteiger partial charge in [-0.05, 0) is 25.0 Å². The summed E-state index contributed by atoms with van der Waals surface area (Å²) in [5.74, 6) is 0.849. The van der Waals surface area contributed by atoms with Crippen LogP contribution in [-0.4, -0.2) is 23.3 Å². The van der Waals surface area contributed by atoms with Gasteiger partial charge in [-0.1, -0.05) is 0 Å². The van der Waals surface area contributed by atoms with Crippen LogP contribution in [0.4, 0.5) is 5.82 Å². The Morgan fingerprint density at radius 1 is 1.46 bits per heavy atom. The third-order valence-corrected chi connectivity index (χ3v) is 2.22. The molecule has 4 nitrogen and oxygen atoms in total. The van der Waals surface area contributed by atoms with Crippen LogP contribution in [0.5, 0.6) is 0 Å². The molecule has 0 N–H and O–H groups in total. The molecule has 1 fully saturated rings. The van der Waals surface area contributed by atoms with Crippen LogP contribution in [0.25, 0.3) is 0 Å².